The summed E-state index contributed by atoms with van der Waals surface area (Å²) in [6.07, 6.45) is 1.78. The summed E-state index contributed by atoms with van der Waals surface area (Å²) in [7, 11) is 4.90. The van der Waals surface area contributed by atoms with E-state index >= 15 is 0 Å². The highest BCUT2D eigenvalue weighted by atomic mass is 28.4. The zero-order valence-electron chi connectivity index (χ0n) is 20.5. The number of rotatable bonds is 17. The first kappa shape index (κ1) is 30.9. The van der Waals surface area contributed by atoms with Crippen LogP contribution in [0.25, 0.3) is 0 Å². The van der Waals surface area contributed by atoms with Crippen molar-refractivity contribution in [1.29, 1.82) is 0 Å². The molecule has 0 saturated carbocycles. The van der Waals surface area contributed by atoms with Gasteiger partial charge in [-0.15, -0.1) is 0 Å². The maximum absolute atomic E-state index is 5.66. The molecule has 0 saturated heterocycles. The van der Waals surface area contributed by atoms with Gasteiger partial charge >= 0.3 is 17.6 Å². The SMILES string of the molecule is CO[Si](CCCNCCN)(OC)OC.CO[Si](CCCOc1cccc(N)c1)(OC)OC. The van der Waals surface area contributed by atoms with E-state index in [9.17, 15) is 0 Å². The van der Waals surface area contributed by atoms with Crippen LogP contribution in [0, 0.1) is 0 Å². The fourth-order valence-electron chi connectivity index (χ4n) is 2.85. The van der Waals surface area contributed by atoms with Gasteiger partial charge in [-0.25, -0.2) is 0 Å². The van der Waals surface area contributed by atoms with Crippen molar-refractivity contribution in [3.63, 3.8) is 0 Å². The third kappa shape index (κ3) is 12.2. The Hall–Kier alpha value is -1.07. The van der Waals surface area contributed by atoms with Gasteiger partial charge in [0.2, 0.25) is 0 Å². The van der Waals surface area contributed by atoms with Crippen molar-refractivity contribution in [2.45, 2.75) is 24.9 Å². The number of hydrogen-bond donors (Lipinski definition) is 3. The minimum absolute atomic E-state index is 0.578. The average Bonchev–Trinajstić information content (AvgIpc) is 2.83. The molecule has 0 aliphatic rings. The van der Waals surface area contributed by atoms with Crippen LogP contribution in [0.15, 0.2) is 24.3 Å². The Kier molecular flexibility index (Phi) is 17.8. The van der Waals surface area contributed by atoms with Crippen molar-refractivity contribution in [3.05, 3.63) is 24.3 Å². The predicted octanol–water partition coefficient (Wildman–Crippen LogP) is 1.72. The van der Waals surface area contributed by atoms with Crippen LogP contribution in [-0.4, -0.2) is 86.5 Å². The van der Waals surface area contributed by atoms with Crippen LogP contribution in [0.5, 0.6) is 5.75 Å². The van der Waals surface area contributed by atoms with Gasteiger partial charge in [0, 0.05) is 79.6 Å². The van der Waals surface area contributed by atoms with Crippen molar-refractivity contribution >= 4 is 23.3 Å². The van der Waals surface area contributed by atoms with Crippen molar-refractivity contribution in [1.82, 2.24) is 5.32 Å². The molecule has 1 aromatic carbocycles. The number of nitrogens with two attached hydrogens (primary N) is 2. The Morgan fingerprint density at radius 1 is 0.781 bits per heavy atom. The Morgan fingerprint density at radius 3 is 1.78 bits per heavy atom. The first-order chi connectivity index (χ1) is 15.4. The number of nitrogens with one attached hydrogen (secondary N) is 1. The molecule has 1 rings (SSSR count). The molecule has 0 amide bonds. The standard InChI is InChI=1S/C12H21NO4Si.C8H22N2O3Si/c1-14-18(15-2,16-3)9-5-8-17-12-7-4-6-11(13)10-12;1-11-14(12-2,13-3)8-4-6-10-7-5-9/h4,6-7,10H,5,8-9,13H2,1-3H3;10H,4-9H2,1-3H3. The molecule has 32 heavy (non-hydrogen) atoms. The van der Waals surface area contributed by atoms with Gasteiger partial charge < -0.3 is 48.1 Å². The molecule has 12 heteroatoms. The maximum Gasteiger partial charge on any atom is 0.500 e. The van der Waals surface area contributed by atoms with Gasteiger partial charge in [0.15, 0.2) is 0 Å². The quantitative estimate of drug-likeness (QED) is 0.168. The third-order valence-electron chi connectivity index (χ3n) is 4.78. The molecule has 1 aromatic rings. The van der Waals surface area contributed by atoms with Gasteiger partial charge in [0.25, 0.3) is 0 Å². The molecule has 0 aromatic heterocycles. The summed E-state index contributed by atoms with van der Waals surface area (Å²) in [6.45, 7) is 3.01. The summed E-state index contributed by atoms with van der Waals surface area (Å²) in [5, 5.41) is 3.21. The Bertz CT molecular complexity index is 563. The predicted molar refractivity (Wildman–Crippen MR) is 131 cm³/mol. The number of hydrogen-bond acceptors (Lipinski definition) is 10. The summed E-state index contributed by atoms with van der Waals surface area (Å²) in [6, 6.07) is 8.92. The zero-order valence-corrected chi connectivity index (χ0v) is 22.5. The Labute approximate surface area is 195 Å². The van der Waals surface area contributed by atoms with E-state index in [0.29, 0.717) is 18.8 Å². The summed E-state index contributed by atoms with van der Waals surface area (Å²) < 4.78 is 37.4. The van der Waals surface area contributed by atoms with Gasteiger partial charge in [-0.2, -0.15) is 0 Å². The van der Waals surface area contributed by atoms with Crippen molar-refractivity contribution < 1.29 is 31.3 Å². The normalized spacial score (nSPS) is 11.7. The molecule has 0 bridgehead atoms. The van der Waals surface area contributed by atoms with Gasteiger partial charge in [0.05, 0.1) is 6.61 Å². The lowest BCUT2D eigenvalue weighted by Crippen LogP contribution is -2.43. The lowest BCUT2D eigenvalue weighted by molar-refractivity contribution is 0.121. The highest BCUT2D eigenvalue weighted by Gasteiger charge is 2.37. The molecule has 0 aliphatic carbocycles. The summed E-state index contributed by atoms with van der Waals surface area (Å²) in [5.41, 5.74) is 11.7. The van der Waals surface area contributed by atoms with Gasteiger partial charge in [-0.3, -0.25) is 0 Å². The summed E-state index contributed by atoms with van der Waals surface area (Å²) >= 11 is 0. The molecule has 0 heterocycles. The molecule has 0 aliphatic heterocycles. The van der Waals surface area contributed by atoms with Gasteiger partial charge in [-0.05, 0) is 31.5 Å². The molecule has 0 spiro atoms. The number of benzene rings is 1. The Morgan fingerprint density at radius 2 is 1.31 bits per heavy atom. The molecule has 5 N–H and O–H groups in total. The summed E-state index contributed by atoms with van der Waals surface area (Å²) in [4.78, 5) is 0. The Balaban J connectivity index is 0.000000622. The van der Waals surface area contributed by atoms with Crippen molar-refractivity contribution in [3.8, 4) is 5.75 Å². The smallest absolute Gasteiger partial charge is 0.494 e. The molecule has 0 fully saturated rings. The second-order valence-corrected chi connectivity index (χ2v) is 12.9. The zero-order chi connectivity index (χ0) is 24.3. The van der Waals surface area contributed by atoms with Crippen LogP contribution >= 0.6 is 0 Å². The fraction of sp³-hybridized carbons (Fsp3) is 0.700. The van der Waals surface area contributed by atoms with E-state index in [1.165, 1.54) is 0 Å². The van der Waals surface area contributed by atoms with E-state index in [2.05, 4.69) is 5.32 Å². The molecule has 188 valence electrons. The summed E-state index contributed by atoms with van der Waals surface area (Å²) in [5.74, 6) is 0.773. The second-order valence-electron chi connectivity index (χ2n) is 6.76. The fourth-order valence-corrected chi connectivity index (χ4v) is 6.26. The molecule has 0 atom stereocenters. The van der Waals surface area contributed by atoms with Crippen LogP contribution in [0.4, 0.5) is 5.69 Å². The van der Waals surface area contributed by atoms with E-state index in [-0.39, 0.29) is 0 Å². The lowest BCUT2D eigenvalue weighted by Gasteiger charge is -2.24. The van der Waals surface area contributed by atoms with Gasteiger partial charge in [-0.1, -0.05) is 6.07 Å². The van der Waals surface area contributed by atoms with E-state index in [1.54, 1.807) is 48.7 Å². The van der Waals surface area contributed by atoms with Crippen LogP contribution in [0.1, 0.15) is 12.8 Å². The average molecular weight is 494 g/mol. The minimum Gasteiger partial charge on any atom is -0.494 e. The molecule has 0 radical (unpaired) electrons. The van der Waals surface area contributed by atoms with Crippen LogP contribution in [-0.2, 0) is 26.6 Å². The molecular weight excluding hydrogens is 450 g/mol. The first-order valence-corrected chi connectivity index (χ1v) is 14.5. The van der Waals surface area contributed by atoms with Crippen molar-refractivity contribution in [2.24, 2.45) is 5.73 Å². The third-order valence-corrected chi connectivity index (χ3v) is 10.4. The highest BCUT2D eigenvalue weighted by molar-refractivity contribution is 6.60. The van der Waals surface area contributed by atoms with Gasteiger partial charge in [0.1, 0.15) is 5.75 Å². The second kappa shape index (κ2) is 18.4. The highest BCUT2D eigenvalue weighted by Crippen LogP contribution is 2.18. The molecule has 0 unspecified atom stereocenters. The lowest BCUT2D eigenvalue weighted by atomic mass is 10.3. The topological polar surface area (TPSA) is 129 Å². The first-order valence-electron chi connectivity index (χ1n) is 10.6. The molecular formula is C20H43N3O7Si2. The maximum atomic E-state index is 5.66. The monoisotopic (exact) mass is 493 g/mol. The van der Waals surface area contributed by atoms with E-state index in [4.69, 9.17) is 42.8 Å². The van der Waals surface area contributed by atoms with E-state index < -0.39 is 17.6 Å². The van der Waals surface area contributed by atoms with E-state index in [0.717, 1.165) is 43.8 Å². The number of ether oxygens (including phenoxy) is 1. The minimum atomic E-state index is -2.47. The van der Waals surface area contributed by atoms with Crippen molar-refractivity contribution in [2.75, 3.05) is 74.6 Å². The van der Waals surface area contributed by atoms with Crippen LogP contribution < -0.4 is 21.5 Å². The van der Waals surface area contributed by atoms with Crippen LogP contribution in [0.2, 0.25) is 12.1 Å². The van der Waals surface area contributed by atoms with Crippen LogP contribution in [0.3, 0.4) is 0 Å². The largest absolute Gasteiger partial charge is 0.500 e. The number of nitrogen functional groups attached to an aromatic ring is 1. The number of anilines is 1. The van der Waals surface area contributed by atoms with E-state index in [1.807, 2.05) is 18.2 Å². The molecule has 10 nitrogen and oxygen atoms in total.